The number of hydrogen-bond acceptors (Lipinski definition) is 4. The van der Waals surface area contributed by atoms with E-state index in [1.54, 1.807) is 0 Å². The van der Waals surface area contributed by atoms with Gasteiger partial charge in [-0.3, -0.25) is 0 Å². The fraction of sp³-hybridized carbons (Fsp3) is 0.941. The quantitative estimate of drug-likeness (QED) is 0.758. The number of hydrogen-bond donors (Lipinski definition) is 2. The molecule has 0 aromatic heterocycles. The minimum absolute atomic E-state index is 0.170. The molecule has 0 spiro atoms. The van der Waals surface area contributed by atoms with Gasteiger partial charge in [0.2, 0.25) is 0 Å². The van der Waals surface area contributed by atoms with Gasteiger partial charge in [-0.1, -0.05) is 26.7 Å². The second-order valence-electron chi connectivity index (χ2n) is 7.27. The average Bonchev–Trinajstić information content (AvgIpc) is 2.86. The number of nitrogens with zero attached hydrogens (tertiary/aromatic N) is 1. The average molecular weight is 314 g/mol. The summed E-state index contributed by atoms with van der Waals surface area (Å²) in [7, 11) is 0. The molecular formula is C17H34N2O3. The van der Waals surface area contributed by atoms with Crippen molar-refractivity contribution in [2.75, 3.05) is 19.6 Å². The lowest BCUT2D eigenvalue weighted by Crippen LogP contribution is -2.45. The number of amides is 1. The van der Waals surface area contributed by atoms with E-state index in [4.69, 9.17) is 4.74 Å². The Morgan fingerprint density at radius 2 is 2.00 bits per heavy atom. The van der Waals surface area contributed by atoms with E-state index in [9.17, 15) is 9.90 Å². The fourth-order valence-corrected chi connectivity index (χ4v) is 3.01. The van der Waals surface area contributed by atoms with Crippen molar-refractivity contribution in [1.29, 1.82) is 0 Å². The predicted molar refractivity (Wildman–Crippen MR) is 88.9 cm³/mol. The van der Waals surface area contributed by atoms with E-state index in [0.717, 1.165) is 38.8 Å². The maximum atomic E-state index is 12.2. The van der Waals surface area contributed by atoms with Gasteiger partial charge in [-0.05, 0) is 39.5 Å². The van der Waals surface area contributed by atoms with Crippen LogP contribution in [-0.2, 0) is 4.74 Å². The Hall–Kier alpha value is -0.810. The van der Waals surface area contributed by atoms with Gasteiger partial charge in [-0.25, -0.2) is 4.79 Å². The summed E-state index contributed by atoms with van der Waals surface area (Å²) in [6.45, 7) is 12.0. The predicted octanol–water partition coefficient (Wildman–Crippen LogP) is 2.77. The van der Waals surface area contributed by atoms with Crippen LogP contribution in [0.4, 0.5) is 4.79 Å². The molecule has 1 fully saturated rings. The number of aliphatic hydroxyl groups excluding tert-OH is 1. The summed E-state index contributed by atoms with van der Waals surface area (Å²) in [5.74, 6) is 0.345. The fourth-order valence-electron chi connectivity index (χ4n) is 3.01. The number of aliphatic hydroxyl groups is 1. The zero-order valence-corrected chi connectivity index (χ0v) is 14.9. The maximum Gasteiger partial charge on any atom is 0.410 e. The lowest BCUT2D eigenvalue weighted by Gasteiger charge is -2.29. The summed E-state index contributed by atoms with van der Waals surface area (Å²) in [6, 6.07) is 0.170. The SMILES string of the molecule is CCC(CC)C(O)CNCC1CCCN1C(=O)OC(C)(C)C. The zero-order chi connectivity index (χ0) is 16.8. The van der Waals surface area contributed by atoms with Crippen molar-refractivity contribution in [3.63, 3.8) is 0 Å². The molecule has 2 atom stereocenters. The molecule has 22 heavy (non-hydrogen) atoms. The van der Waals surface area contributed by atoms with Crippen LogP contribution in [0.3, 0.4) is 0 Å². The molecule has 0 radical (unpaired) electrons. The second kappa shape index (κ2) is 8.73. The van der Waals surface area contributed by atoms with Crippen molar-refractivity contribution in [1.82, 2.24) is 10.2 Å². The molecule has 0 bridgehead atoms. The summed E-state index contributed by atoms with van der Waals surface area (Å²) in [6.07, 6.45) is 3.46. The van der Waals surface area contributed by atoms with Crippen LogP contribution in [0.2, 0.25) is 0 Å². The highest BCUT2D eigenvalue weighted by molar-refractivity contribution is 5.69. The van der Waals surface area contributed by atoms with E-state index in [0.29, 0.717) is 12.5 Å². The number of carbonyl (C=O) groups is 1. The van der Waals surface area contributed by atoms with E-state index < -0.39 is 5.60 Å². The molecule has 2 unspecified atom stereocenters. The van der Waals surface area contributed by atoms with Gasteiger partial charge in [0.25, 0.3) is 0 Å². The van der Waals surface area contributed by atoms with Crippen LogP contribution in [0, 0.1) is 5.92 Å². The van der Waals surface area contributed by atoms with E-state index >= 15 is 0 Å². The smallest absolute Gasteiger partial charge is 0.410 e. The normalized spacial score (nSPS) is 20.5. The molecule has 1 amide bonds. The van der Waals surface area contributed by atoms with Crippen LogP contribution in [0.15, 0.2) is 0 Å². The highest BCUT2D eigenvalue weighted by atomic mass is 16.6. The minimum atomic E-state index is -0.455. The van der Waals surface area contributed by atoms with E-state index in [-0.39, 0.29) is 18.2 Å². The van der Waals surface area contributed by atoms with Crippen molar-refractivity contribution in [2.45, 2.75) is 78.0 Å². The van der Waals surface area contributed by atoms with Gasteiger partial charge in [0.1, 0.15) is 5.60 Å². The Balaban J connectivity index is 2.40. The Bertz CT molecular complexity index is 337. The van der Waals surface area contributed by atoms with Crippen LogP contribution in [-0.4, -0.2) is 53.5 Å². The van der Waals surface area contributed by atoms with Crippen LogP contribution in [0.25, 0.3) is 0 Å². The number of ether oxygens (including phenoxy) is 1. The monoisotopic (exact) mass is 314 g/mol. The van der Waals surface area contributed by atoms with E-state index in [2.05, 4.69) is 19.2 Å². The Morgan fingerprint density at radius 1 is 1.36 bits per heavy atom. The van der Waals surface area contributed by atoms with Gasteiger partial charge in [0, 0.05) is 25.7 Å². The molecule has 5 nitrogen and oxygen atoms in total. The molecule has 1 heterocycles. The molecule has 1 aliphatic heterocycles. The summed E-state index contributed by atoms with van der Waals surface area (Å²) < 4.78 is 5.46. The highest BCUT2D eigenvalue weighted by Crippen LogP contribution is 2.20. The van der Waals surface area contributed by atoms with E-state index in [1.165, 1.54) is 0 Å². The molecule has 130 valence electrons. The van der Waals surface area contributed by atoms with Gasteiger partial charge in [-0.15, -0.1) is 0 Å². The third kappa shape index (κ3) is 6.13. The van der Waals surface area contributed by atoms with Gasteiger partial charge in [-0.2, -0.15) is 0 Å². The first-order valence-electron chi connectivity index (χ1n) is 8.66. The Kier molecular flexibility index (Phi) is 7.63. The number of nitrogens with one attached hydrogen (secondary N) is 1. The largest absolute Gasteiger partial charge is 0.444 e. The van der Waals surface area contributed by atoms with Crippen molar-refractivity contribution >= 4 is 6.09 Å². The summed E-state index contributed by atoms with van der Waals surface area (Å²) in [5.41, 5.74) is -0.455. The minimum Gasteiger partial charge on any atom is -0.444 e. The molecule has 0 saturated carbocycles. The molecule has 2 N–H and O–H groups in total. The third-order valence-corrected chi connectivity index (χ3v) is 4.33. The molecule has 1 aliphatic rings. The van der Waals surface area contributed by atoms with Crippen LogP contribution in [0.1, 0.15) is 60.3 Å². The first-order valence-corrected chi connectivity index (χ1v) is 8.66. The molecule has 0 aliphatic carbocycles. The zero-order valence-electron chi connectivity index (χ0n) is 14.9. The van der Waals surface area contributed by atoms with Gasteiger partial charge in [0.15, 0.2) is 0 Å². The van der Waals surface area contributed by atoms with Crippen LogP contribution >= 0.6 is 0 Å². The van der Waals surface area contributed by atoms with Crippen molar-refractivity contribution < 1.29 is 14.6 Å². The standard InChI is InChI=1S/C17H34N2O3/c1-6-13(7-2)15(20)12-18-11-14-9-8-10-19(14)16(21)22-17(3,4)5/h13-15,18,20H,6-12H2,1-5H3. The number of likely N-dealkylation sites (tertiary alicyclic amines) is 1. The topological polar surface area (TPSA) is 61.8 Å². The first kappa shape index (κ1) is 19.2. The molecule has 1 saturated heterocycles. The Morgan fingerprint density at radius 3 is 2.55 bits per heavy atom. The van der Waals surface area contributed by atoms with Crippen molar-refractivity contribution in [3.05, 3.63) is 0 Å². The highest BCUT2D eigenvalue weighted by Gasteiger charge is 2.32. The lowest BCUT2D eigenvalue weighted by atomic mass is 9.96. The summed E-state index contributed by atoms with van der Waals surface area (Å²) in [4.78, 5) is 14.0. The van der Waals surface area contributed by atoms with Crippen LogP contribution in [0.5, 0.6) is 0 Å². The van der Waals surface area contributed by atoms with Crippen molar-refractivity contribution in [2.24, 2.45) is 5.92 Å². The van der Waals surface area contributed by atoms with E-state index in [1.807, 2.05) is 25.7 Å². The first-order chi connectivity index (χ1) is 10.3. The molecule has 5 heteroatoms. The molecule has 1 rings (SSSR count). The maximum absolute atomic E-state index is 12.2. The number of rotatable bonds is 7. The van der Waals surface area contributed by atoms with Crippen molar-refractivity contribution in [3.8, 4) is 0 Å². The van der Waals surface area contributed by atoms with Gasteiger partial charge >= 0.3 is 6.09 Å². The molecule has 0 aromatic carbocycles. The second-order valence-corrected chi connectivity index (χ2v) is 7.27. The lowest BCUT2D eigenvalue weighted by molar-refractivity contribution is 0.0223. The molecular weight excluding hydrogens is 280 g/mol. The van der Waals surface area contributed by atoms with Gasteiger partial charge < -0.3 is 20.1 Å². The summed E-state index contributed by atoms with van der Waals surface area (Å²) >= 11 is 0. The number of carbonyl (C=O) groups excluding carboxylic acids is 1. The van der Waals surface area contributed by atoms with Crippen LogP contribution < -0.4 is 5.32 Å². The Labute approximate surface area is 135 Å². The third-order valence-electron chi connectivity index (χ3n) is 4.33. The molecule has 0 aromatic rings. The summed E-state index contributed by atoms with van der Waals surface area (Å²) in [5, 5.41) is 13.5. The van der Waals surface area contributed by atoms with Gasteiger partial charge in [0.05, 0.1) is 6.10 Å².